The Morgan fingerprint density at radius 3 is 1.19 bits per heavy atom. The van der Waals surface area contributed by atoms with E-state index in [1.807, 2.05) is 0 Å². The third kappa shape index (κ3) is 7.03. The van der Waals surface area contributed by atoms with Gasteiger partial charge in [0.15, 0.2) is 0 Å². The molecule has 0 fully saturated rings. The van der Waals surface area contributed by atoms with Gasteiger partial charge in [0, 0.05) is 0 Å². The molecule has 27 heavy (non-hydrogen) atoms. The monoisotopic (exact) mass is 522 g/mol. The molecule has 0 heterocycles. The van der Waals surface area contributed by atoms with E-state index in [0.717, 1.165) is 24.3 Å². The van der Waals surface area contributed by atoms with Crippen LogP contribution in [0.2, 0.25) is 10.0 Å². The van der Waals surface area contributed by atoms with Gasteiger partial charge in [-0.05, 0) is 36.4 Å². The molecule has 2 rings (SSSR count). The van der Waals surface area contributed by atoms with Crippen molar-refractivity contribution in [1.82, 2.24) is 0 Å². The van der Waals surface area contributed by atoms with Gasteiger partial charge in [-0.1, -0.05) is 23.2 Å². The van der Waals surface area contributed by atoms with Gasteiger partial charge in [0.05, 0.1) is 29.6 Å². The SMILES string of the molecule is O=S(=O)([O-])c1cc(S(=O)(=O)c2ccc(Cl)c(S(=O)(=O)[O-])c2)ccc1Cl.[K+].[K+]. The Kier molecular flexibility index (Phi) is 11.4. The second-order valence-corrected chi connectivity index (χ2v) is 10.1. The van der Waals surface area contributed by atoms with Crippen molar-refractivity contribution in [2.24, 2.45) is 0 Å². The number of hydrogen-bond acceptors (Lipinski definition) is 8. The van der Waals surface area contributed by atoms with E-state index in [9.17, 15) is 34.4 Å². The maximum atomic E-state index is 12.5. The van der Waals surface area contributed by atoms with Crippen LogP contribution >= 0.6 is 23.2 Å². The molecule has 0 N–H and O–H groups in total. The Bertz CT molecular complexity index is 1090. The molecule has 136 valence electrons. The minimum atomic E-state index is -5.05. The van der Waals surface area contributed by atoms with Gasteiger partial charge in [0.1, 0.15) is 20.2 Å². The van der Waals surface area contributed by atoms with Gasteiger partial charge in [0.25, 0.3) is 0 Å². The Labute approximate surface area is 251 Å². The topological polar surface area (TPSA) is 149 Å². The summed E-state index contributed by atoms with van der Waals surface area (Å²) in [6.07, 6.45) is 0. The zero-order valence-corrected chi connectivity index (χ0v) is 23.9. The normalized spacial score (nSPS) is 12.0. The Hall–Kier alpha value is 2.06. The predicted molar refractivity (Wildman–Crippen MR) is 84.3 cm³/mol. The summed E-state index contributed by atoms with van der Waals surface area (Å²) in [4.78, 5) is -3.19. The van der Waals surface area contributed by atoms with Crippen LogP contribution in [0.25, 0.3) is 0 Å². The van der Waals surface area contributed by atoms with Crippen LogP contribution in [0.4, 0.5) is 0 Å². The van der Waals surface area contributed by atoms with E-state index in [0.29, 0.717) is 12.1 Å². The molecule has 0 aromatic heterocycles. The van der Waals surface area contributed by atoms with Gasteiger partial charge in [0.2, 0.25) is 9.84 Å². The summed E-state index contributed by atoms with van der Waals surface area (Å²) in [7, 11) is -14.6. The summed E-state index contributed by atoms with van der Waals surface area (Å²) in [5.41, 5.74) is 0. The van der Waals surface area contributed by atoms with Crippen molar-refractivity contribution in [2.45, 2.75) is 19.6 Å². The smallest absolute Gasteiger partial charge is 0.744 e. The summed E-state index contributed by atoms with van der Waals surface area (Å²) in [6.45, 7) is 0. The van der Waals surface area contributed by atoms with Crippen LogP contribution in [-0.4, -0.2) is 34.4 Å². The molecule has 0 aliphatic heterocycles. The summed E-state index contributed by atoms with van der Waals surface area (Å²) in [6, 6.07) is 4.71. The standard InChI is InChI=1S/C12H8Cl2O8S3.2K/c13-9-3-1-7(5-11(9)24(17,18)19)23(15,16)8-2-4-10(14)12(6-8)25(20,21)22;;/h1-6H,(H,17,18,19)(H,20,21,22);;/q;2*+1/p-2. The first kappa shape index (κ1) is 29.1. The fraction of sp³-hybridized carbons (Fsp3) is 0. The fourth-order valence-corrected chi connectivity index (χ4v) is 5.24. The van der Waals surface area contributed by atoms with E-state index in [1.54, 1.807) is 0 Å². The molecule has 0 saturated carbocycles. The van der Waals surface area contributed by atoms with Gasteiger partial charge in [-0.3, -0.25) is 0 Å². The quantitative estimate of drug-likeness (QED) is 0.288. The van der Waals surface area contributed by atoms with Crippen LogP contribution in [0.15, 0.2) is 56.0 Å². The molecule has 0 amide bonds. The molecule has 2 aromatic rings. The Balaban J connectivity index is 0.00000338. The Morgan fingerprint density at radius 1 is 0.630 bits per heavy atom. The molecule has 0 aliphatic carbocycles. The molecule has 2 aromatic carbocycles. The first-order valence-electron chi connectivity index (χ1n) is 6.00. The van der Waals surface area contributed by atoms with Crippen LogP contribution in [0.1, 0.15) is 0 Å². The van der Waals surface area contributed by atoms with Crippen molar-refractivity contribution in [3.8, 4) is 0 Å². The maximum absolute atomic E-state index is 12.5. The van der Waals surface area contributed by atoms with Crippen LogP contribution in [0.3, 0.4) is 0 Å². The van der Waals surface area contributed by atoms with Crippen molar-refractivity contribution >= 4 is 53.3 Å². The van der Waals surface area contributed by atoms with E-state index < -0.39 is 59.7 Å². The van der Waals surface area contributed by atoms with Crippen LogP contribution < -0.4 is 103 Å². The maximum Gasteiger partial charge on any atom is 1.00 e. The molecule has 0 spiro atoms. The van der Waals surface area contributed by atoms with Crippen molar-refractivity contribution in [1.29, 1.82) is 0 Å². The van der Waals surface area contributed by atoms with Gasteiger partial charge < -0.3 is 9.11 Å². The summed E-state index contributed by atoms with van der Waals surface area (Å²) in [5, 5.41) is -0.958. The average molecular weight is 523 g/mol. The van der Waals surface area contributed by atoms with Crippen molar-refractivity contribution in [3.05, 3.63) is 46.4 Å². The van der Waals surface area contributed by atoms with Gasteiger partial charge in [-0.25, -0.2) is 25.3 Å². The van der Waals surface area contributed by atoms with E-state index in [1.165, 1.54) is 0 Å². The largest absolute Gasteiger partial charge is 1.00 e. The van der Waals surface area contributed by atoms with E-state index in [-0.39, 0.29) is 103 Å². The second kappa shape index (κ2) is 10.6. The molecule has 0 bridgehead atoms. The molecule has 0 saturated heterocycles. The van der Waals surface area contributed by atoms with E-state index >= 15 is 0 Å². The van der Waals surface area contributed by atoms with E-state index in [2.05, 4.69) is 0 Å². The van der Waals surface area contributed by atoms with Crippen molar-refractivity contribution in [2.75, 3.05) is 0 Å². The predicted octanol–water partition coefficient (Wildman–Crippen LogP) is -4.36. The number of benzene rings is 2. The first-order chi connectivity index (χ1) is 11.2. The number of sulfone groups is 1. The number of hydrogen-bond donors (Lipinski definition) is 0. The van der Waals surface area contributed by atoms with Crippen LogP contribution in [-0.2, 0) is 30.1 Å². The number of rotatable bonds is 4. The van der Waals surface area contributed by atoms with Crippen molar-refractivity contribution < 1.29 is 137 Å². The molecule has 8 nitrogen and oxygen atoms in total. The minimum absolute atomic E-state index is 0. The molecule has 0 unspecified atom stereocenters. The fourth-order valence-electron chi connectivity index (χ4n) is 1.82. The summed E-state index contributed by atoms with van der Waals surface area (Å²) < 4.78 is 91.8. The van der Waals surface area contributed by atoms with Gasteiger partial charge in [-0.2, -0.15) is 0 Å². The van der Waals surface area contributed by atoms with Gasteiger partial charge >= 0.3 is 103 Å². The Morgan fingerprint density at radius 2 is 0.926 bits per heavy atom. The average Bonchev–Trinajstić information content (AvgIpc) is 2.45. The van der Waals surface area contributed by atoms with Gasteiger partial charge in [-0.15, -0.1) is 0 Å². The number of halogens is 2. The second-order valence-electron chi connectivity index (χ2n) is 4.60. The molecular formula is C12H6Cl2K2O8S3. The molecular weight excluding hydrogens is 517 g/mol. The third-order valence-corrected chi connectivity index (χ3v) is 7.35. The minimum Gasteiger partial charge on any atom is -0.744 e. The molecule has 15 heteroatoms. The van der Waals surface area contributed by atoms with E-state index in [4.69, 9.17) is 23.2 Å². The first-order valence-corrected chi connectivity index (χ1v) is 11.1. The zero-order valence-electron chi connectivity index (χ0n) is 13.7. The van der Waals surface area contributed by atoms with Crippen molar-refractivity contribution in [3.63, 3.8) is 0 Å². The molecule has 0 aliphatic rings. The van der Waals surface area contributed by atoms with Crippen LogP contribution in [0.5, 0.6) is 0 Å². The summed E-state index contributed by atoms with van der Waals surface area (Å²) >= 11 is 11.1. The zero-order chi connectivity index (χ0) is 19.2. The van der Waals surface area contributed by atoms with Crippen LogP contribution in [0, 0.1) is 0 Å². The third-order valence-electron chi connectivity index (χ3n) is 2.96. The molecule has 0 radical (unpaired) electrons. The molecule has 0 atom stereocenters. The summed E-state index contributed by atoms with van der Waals surface area (Å²) in [5.74, 6) is 0.